The lowest BCUT2D eigenvalue weighted by atomic mass is 9.49. The van der Waals surface area contributed by atoms with Crippen molar-refractivity contribution in [1.82, 2.24) is 0 Å². The Morgan fingerprint density at radius 2 is 1.54 bits per heavy atom. The lowest BCUT2D eigenvalue weighted by Crippen LogP contribution is -2.89. The number of aliphatic hydroxyl groups is 5. The summed E-state index contributed by atoms with van der Waals surface area (Å²) in [4.78, 5) is 27.0. The second-order valence-electron chi connectivity index (χ2n) is 18.9. The normalized spacial score (nSPS) is 50.6. The Kier molecular flexibility index (Phi) is 9.07. The summed E-state index contributed by atoms with van der Waals surface area (Å²) >= 11 is 0. The third kappa shape index (κ3) is 5.35. The molecule has 4 aliphatic carbocycles. The molecule has 2 aromatic rings. The summed E-state index contributed by atoms with van der Waals surface area (Å²) < 4.78 is 39.5. The average Bonchev–Trinajstić information content (AvgIpc) is 3.92. The predicted molar refractivity (Wildman–Crippen MR) is 207 cm³/mol. The number of esters is 2. The van der Waals surface area contributed by atoms with E-state index in [4.69, 9.17) is 28.4 Å². The lowest BCUT2D eigenvalue weighted by molar-refractivity contribution is -0.595. The second kappa shape index (κ2) is 13.5. The number of allylic oxidation sites excluding steroid dienone is 2. The van der Waals surface area contributed by atoms with Crippen molar-refractivity contribution in [3.05, 3.63) is 96.1 Å². The number of hydrogen-bond acceptors (Lipinski definition) is 13. The molecule has 0 aromatic heterocycles. The highest BCUT2D eigenvalue weighted by molar-refractivity contribution is 5.89. The molecule has 8 fully saturated rings. The van der Waals surface area contributed by atoms with Gasteiger partial charge >= 0.3 is 17.9 Å². The summed E-state index contributed by atoms with van der Waals surface area (Å²) in [7, 11) is 0. The lowest BCUT2D eigenvalue weighted by Gasteiger charge is -2.74. The summed E-state index contributed by atoms with van der Waals surface area (Å²) in [5.41, 5.74) is -8.37. The Bertz CT molecular complexity index is 2030. The fraction of sp³-hybridized carbons (Fsp3) is 0.609. The molecule has 12 rings (SSSR count). The zero-order valence-corrected chi connectivity index (χ0v) is 33.5. The van der Waals surface area contributed by atoms with Gasteiger partial charge in [-0.15, -0.1) is 0 Å². The number of aliphatic hydroxyl groups excluding tert-OH is 2. The van der Waals surface area contributed by atoms with Gasteiger partial charge in [0.15, 0.2) is 0 Å². The molecule has 10 bridgehead atoms. The Hall–Kier alpha value is -3.50. The molecule has 10 aliphatic rings. The SMILES string of the molecule is C[C@@H]1[C@@H]2O[C@@]3(c4ccccc4)O[C@@H]4[C@@H]5[C@@H]6O[C@]6(CO)[C@@H](O)[C@@]6(O)[C@@H](C[C@H](C)[C@@H]6OC(=O)C=CC=C[C@@H](OC(=O)c6ccccc6)C6CCC(CC6)C[C@@](C)(O)[C@@]42O)[C@]51O3. The van der Waals surface area contributed by atoms with E-state index in [0.717, 1.165) is 0 Å². The number of fused-ring (bicyclic) bond motifs is 8. The van der Waals surface area contributed by atoms with Crippen LogP contribution in [0.3, 0.4) is 0 Å². The first-order valence-corrected chi connectivity index (χ1v) is 21.2. The van der Waals surface area contributed by atoms with Crippen LogP contribution in [0, 0.1) is 35.5 Å². The number of carbonyl (C=O) groups excluding carboxylic acids is 2. The van der Waals surface area contributed by atoms with Crippen LogP contribution in [0.15, 0.2) is 85.0 Å². The van der Waals surface area contributed by atoms with E-state index in [2.05, 4.69) is 0 Å². The van der Waals surface area contributed by atoms with E-state index in [1.165, 1.54) is 12.2 Å². The Labute approximate surface area is 342 Å². The van der Waals surface area contributed by atoms with Crippen LogP contribution in [0.4, 0.5) is 0 Å². The van der Waals surface area contributed by atoms with Gasteiger partial charge in [0.1, 0.15) is 53.4 Å². The fourth-order valence-corrected chi connectivity index (χ4v) is 13.0. The molecule has 2 aromatic carbocycles. The van der Waals surface area contributed by atoms with Crippen LogP contribution in [0.5, 0.6) is 0 Å². The average molecular weight is 815 g/mol. The maximum Gasteiger partial charge on any atom is 0.338 e. The minimum Gasteiger partial charge on any atom is -0.456 e. The maximum absolute atomic E-state index is 13.7. The number of benzene rings is 2. The van der Waals surface area contributed by atoms with Crippen LogP contribution in [0.2, 0.25) is 0 Å². The molecular weight excluding hydrogens is 760 g/mol. The Morgan fingerprint density at radius 1 is 0.864 bits per heavy atom. The number of epoxide rings is 1. The minimum atomic E-state index is -2.22. The molecule has 5 N–H and O–H groups in total. The molecule has 0 radical (unpaired) electrons. The highest BCUT2D eigenvalue weighted by Crippen LogP contribution is 2.75. The first-order valence-electron chi connectivity index (χ1n) is 21.2. The van der Waals surface area contributed by atoms with Gasteiger partial charge in [0.2, 0.25) is 0 Å². The van der Waals surface area contributed by atoms with Gasteiger partial charge in [-0.2, -0.15) is 0 Å². The van der Waals surface area contributed by atoms with Crippen molar-refractivity contribution in [3.8, 4) is 0 Å². The van der Waals surface area contributed by atoms with E-state index in [9.17, 15) is 35.1 Å². The van der Waals surface area contributed by atoms with E-state index in [0.29, 0.717) is 36.8 Å². The van der Waals surface area contributed by atoms with Gasteiger partial charge in [0, 0.05) is 29.4 Å². The van der Waals surface area contributed by atoms with Crippen molar-refractivity contribution >= 4 is 11.9 Å². The molecule has 316 valence electrons. The van der Waals surface area contributed by atoms with Crippen LogP contribution in [-0.4, -0.2) is 109 Å². The zero-order chi connectivity index (χ0) is 41.3. The zero-order valence-electron chi connectivity index (χ0n) is 33.5. The van der Waals surface area contributed by atoms with Crippen LogP contribution in [-0.2, 0) is 39.2 Å². The summed E-state index contributed by atoms with van der Waals surface area (Å²) in [5.74, 6) is -6.38. The number of hydrogen-bond donors (Lipinski definition) is 5. The Balaban J connectivity index is 1.11. The molecule has 0 amide bonds. The molecule has 16 atom stereocenters. The molecule has 13 heteroatoms. The molecule has 4 saturated heterocycles. The van der Waals surface area contributed by atoms with Crippen molar-refractivity contribution in [1.29, 1.82) is 0 Å². The molecule has 4 saturated carbocycles. The topological polar surface area (TPSA) is 194 Å². The van der Waals surface area contributed by atoms with E-state index in [1.54, 1.807) is 55.5 Å². The summed E-state index contributed by atoms with van der Waals surface area (Å²) in [5, 5.41) is 63.2. The number of rotatable bonds is 4. The minimum absolute atomic E-state index is 0.0352. The van der Waals surface area contributed by atoms with Crippen LogP contribution in [0.25, 0.3) is 0 Å². The molecule has 13 nitrogen and oxygen atoms in total. The van der Waals surface area contributed by atoms with Crippen molar-refractivity contribution in [2.24, 2.45) is 35.5 Å². The molecule has 6 aliphatic heterocycles. The first-order chi connectivity index (χ1) is 28.2. The summed E-state index contributed by atoms with van der Waals surface area (Å²) in [6.07, 6.45) is 2.22. The maximum atomic E-state index is 13.7. The number of ether oxygens (including phenoxy) is 6. The quantitative estimate of drug-likeness (QED) is 0.223. The monoisotopic (exact) mass is 814 g/mol. The van der Waals surface area contributed by atoms with Gasteiger partial charge in [-0.3, -0.25) is 0 Å². The van der Waals surface area contributed by atoms with Gasteiger partial charge in [-0.1, -0.05) is 74.5 Å². The van der Waals surface area contributed by atoms with E-state index >= 15 is 0 Å². The smallest absolute Gasteiger partial charge is 0.338 e. The van der Waals surface area contributed by atoms with Crippen LogP contribution >= 0.6 is 0 Å². The van der Waals surface area contributed by atoms with E-state index < -0.39 is 113 Å². The van der Waals surface area contributed by atoms with E-state index in [-0.39, 0.29) is 24.7 Å². The third-order valence-electron chi connectivity index (χ3n) is 15.9. The van der Waals surface area contributed by atoms with Crippen LogP contribution in [0.1, 0.15) is 75.2 Å². The highest BCUT2D eigenvalue weighted by Gasteiger charge is 2.91. The predicted octanol–water partition coefficient (Wildman–Crippen LogP) is 3.45. The molecule has 59 heavy (non-hydrogen) atoms. The van der Waals surface area contributed by atoms with Crippen molar-refractivity contribution in [2.45, 2.75) is 130 Å². The molecule has 1 spiro atoms. The first kappa shape index (κ1) is 39.6. The van der Waals surface area contributed by atoms with E-state index in [1.807, 2.05) is 38.1 Å². The van der Waals surface area contributed by atoms with Crippen LogP contribution < -0.4 is 0 Å². The van der Waals surface area contributed by atoms with Gasteiger partial charge in [-0.25, -0.2) is 9.59 Å². The van der Waals surface area contributed by atoms with Gasteiger partial charge in [-0.05, 0) is 81.4 Å². The van der Waals surface area contributed by atoms with Crippen molar-refractivity contribution in [2.75, 3.05) is 6.61 Å². The van der Waals surface area contributed by atoms with Crippen molar-refractivity contribution < 1.29 is 63.5 Å². The highest BCUT2D eigenvalue weighted by atomic mass is 16.9. The molecule has 0 unspecified atom stereocenters. The summed E-state index contributed by atoms with van der Waals surface area (Å²) in [6, 6.07) is 17.8. The van der Waals surface area contributed by atoms with Gasteiger partial charge < -0.3 is 54.0 Å². The third-order valence-corrected chi connectivity index (χ3v) is 15.9. The second-order valence-corrected chi connectivity index (χ2v) is 18.9. The van der Waals surface area contributed by atoms with Gasteiger partial charge in [0.25, 0.3) is 0 Å². The largest absolute Gasteiger partial charge is 0.456 e. The Morgan fingerprint density at radius 3 is 2.24 bits per heavy atom. The molecular formula is C46H54O13. The molecule has 6 heterocycles. The fourth-order valence-electron chi connectivity index (χ4n) is 13.0. The standard InChI is InChI=1S/C46H54O13/c1-25-22-32-43(52)35(25)55-33(48)17-11-10-16-31(54-39(49)29-12-6-4-7-13-29)28-20-18-27(19-21-28)23-41(3,51)45(53)36-26(2)44(32)34(37-42(24-47,56-37)40(43)50)38(45)58-46(57-36,59-44)30-14-8-5-9-15-30/h4-17,25-28,31-32,34-38,40,47,50-53H,18-24H2,1-3H3/t25-,26+,27?,28?,31+,32+,34-,35-,36-,37-,38+,40+,41+,42-,43+,44-,45-,46-/m0/s1. The van der Waals surface area contributed by atoms with Gasteiger partial charge in [0.05, 0.1) is 23.4 Å². The summed E-state index contributed by atoms with van der Waals surface area (Å²) in [6.45, 7) is 4.62. The number of carbonyl (C=O) groups is 2. The van der Waals surface area contributed by atoms with Crippen molar-refractivity contribution in [3.63, 3.8) is 0 Å².